The Morgan fingerprint density at radius 1 is 1.67 bits per heavy atom. The molecule has 0 amide bonds. The van der Waals surface area contributed by atoms with E-state index in [9.17, 15) is 9.90 Å². The maximum absolute atomic E-state index is 11.5. The molecule has 1 unspecified atom stereocenters. The van der Waals surface area contributed by atoms with Crippen molar-refractivity contribution in [2.45, 2.75) is 19.3 Å². The Balaban J connectivity index is 2.26. The second-order valence-electron chi connectivity index (χ2n) is 4.59. The van der Waals surface area contributed by atoms with Crippen molar-refractivity contribution >= 4 is 5.97 Å². The molecule has 1 aromatic heterocycles. The van der Waals surface area contributed by atoms with Crippen LogP contribution in [-0.4, -0.2) is 36.4 Å². The fourth-order valence-corrected chi connectivity index (χ4v) is 2.34. The Bertz CT molecular complexity index is 427. The standard InChI is InChI=1S/C13H17NO4/c1-17-11-10(4-2-6-14-11)8-13(12(15)16)5-3-7-18-9-13/h2,4,6H,3,5,7-9H2,1H3,(H,15,16). The van der Waals surface area contributed by atoms with Gasteiger partial charge in [-0.05, 0) is 25.3 Å². The Morgan fingerprint density at radius 2 is 2.50 bits per heavy atom. The maximum atomic E-state index is 11.5. The number of nitrogens with zero attached hydrogens (tertiary/aromatic N) is 1. The predicted octanol–water partition coefficient (Wildman–Crippen LogP) is 1.51. The van der Waals surface area contributed by atoms with Gasteiger partial charge in [-0.3, -0.25) is 4.79 Å². The lowest BCUT2D eigenvalue weighted by Crippen LogP contribution is -2.41. The quantitative estimate of drug-likeness (QED) is 0.878. The van der Waals surface area contributed by atoms with Gasteiger partial charge in [0.1, 0.15) is 0 Å². The van der Waals surface area contributed by atoms with Crippen molar-refractivity contribution in [3.63, 3.8) is 0 Å². The van der Waals surface area contributed by atoms with E-state index in [1.807, 2.05) is 6.07 Å². The summed E-state index contributed by atoms with van der Waals surface area (Å²) in [7, 11) is 1.54. The van der Waals surface area contributed by atoms with Crippen LogP contribution in [0, 0.1) is 5.41 Å². The van der Waals surface area contributed by atoms with Gasteiger partial charge in [-0.15, -0.1) is 0 Å². The second kappa shape index (κ2) is 5.35. The Kier molecular flexibility index (Phi) is 3.81. The van der Waals surface area contributed by atoms with Crippen molar-refractivity contribution in [3.05, 3.63) is 23.9 Å². The molecule has 2 rings (SSSR count). The zero-order valence-electron chi connectivity index (χ0n) is 10.4. The van der Waals surface area contributed by atoms with Crippen molar-refractivity contribution in [3.8, 4) is 5.88 Å². The van der Waals surface area contributed by atoms with Crippen LogP contribution in [-0.2, 0) is 16.0 Å². The lowest BCUT2D eigenvalue weighted by molar-refractivity contribution is -0.157. The fourth-order valence-electron chi connectivity index (χ4n) is 2.34. The molecule has 1 aromatic rings. The zero-order valence-corrected chi connectivity index (χ0v) is 10.4. The maximum Gasteiger partial charge on any atom is 0.312 e. The van der Waals surface area contributed by atoms with E-state index in [0.717, 1.165) is 12.0 Å². The SMILES string of the molecule is COc1ncccc1CC1(C(=O)O)CCCOC1. The number of aromatic nitrogens is 1. The first kappa shape index (κ1) is 12.8. The highest BCUT2D eigenvalue weighted by molar-refractivity contribution is 5.75. The molecule has 0 aliphatic carbocycles. The van der Waals surface area contributed by atoms with Gasteiger partial charge in [-0.2, -0.15) is 0 Å². The number of carboxylic acid groups (broad SMARTS) is 1. The number of hydrogen-bond donors (Lipinski definition) is 1. The van der Waals surface area contributed by atoms with Crippen LogP contribution < -0.4 is 4.74 Å². The number of ether oxygens (including phenoxy) is 2. The Morgan fingerprint density at radius 3 is 3.11 bits per heavy atom. The molecule has 0 radical (unpaired) electrons. The van der Waals surface area contributed by atoms with Gasteiger partial charge in [-0.1, -0.05) is 6.07 Å². The van der Waals surface area contributed by atoms with Gasteiger partial charge >= 0.3 is 5.97 Å². The minimum atomic E-state index is -0.853. The summed E-state index contributed by atoms with van der Waals surface area (Å²) in [6.45, 7) is 0.888. The largest absolute Gasteiger partial charge is 0.481 e. The minimum absolute atomic E-state index is 0.250. The van der Waals surface area contributed by atoms with Crippen LogP contribution in [0.25, 0.3) is 0 Å². The van der Waals surface area contributed by atoms with Crippen molar-refractivity contribution < 1.29 is 19.4 Å². The highest BCUT2D eigenvalue weighted by Crippen LogP contribution is 2.34. The average molecular weight is 251 g/mol. The van der Waals surface area contributed by atoms with E-state index in [4.69, 9.17) is 9.47 Å². The van der Waals surface area contributed by atoms with Gasteiger partial charge in [0.25, 0.3) is 0 Å². The average Bonchev–Trinajstić information content (AvgIpc) is 2.40. The third kappa shape index (κ3) is 2.46. The van der Waals surface area contributed by atoms with Crippen LogP contribution in [0.4, 0.5) is 0 Å². The summed E-state index contributed by atoms with van der Waals surface area (Å²) in [6, 6.07) is 3.64. The summed E-state index contributed by atoms with van der Waals surface area (Å²) in [4.78, 5) is 15.6. The summed E-state index contributed by atoms with van der Waals surface area (Å²) in [5.74, 6) is -0.322. The molecule has 1 atom stereocenters. The highest BCUT2D eigenvalue weighted by atomic mass is 16.5. The summed E-state index contributed by atoms with van der Waals surface area (Å²) in [5.41, 5.74) is -0.0397. The monoisotopic (exact) mass is 251 g/mol. The van der Waals surface area contributed by atoms with Crippen LogP contribution in [0.1, 0.15) is 18.4 Å². The van der Waals surface area contributed by atoms with Crippen LogP contribution in [0.15, 0.2) is 18.3 Å². The molecule has 1 aliphatic heterocycles. The molecule has 0 bridgehead atoms. The molecule has 5 nitrogen and oxygen atoms in total. The summed E-state index contributed by atoms with van der Waals surface area (Å²) < 4.78 is 10.5. The van der Waals surface area contributed by atoms with Gasteiger partial charge in [0.05, 0.1) is 19.1 Å². The van der Waals surface area contributed by atoms with Crippen LogP contribution in [0.5, 0.6) is 5.88 Å². The van der Waals surface area contributed by atoms with E-state index < -0.39 is 11.4 Å². The van der Waals surface area contributed by atoms with Crippen LogP contribution >= 0.6 is 0 Å². The first-order valence-electron chi connectivity index (χ1n) is 5.97. The molecule has 0 aromatic carbocycles. The molecule has 5 heteroatoms. The van der Waals surface area contributed by atoms with Gasteiger partial charge in [0, 0.05) is 18.4 Å². The van der Waals surface area contributed by atoms with Gasteiger partial charge in [0.2, 0.25) is 5.88 Å². The molecular formula is C13H17NO4. The number of hydrogen-bond acceptors (Lipinski definition) is 4. The van der Waals surface area contributed by atoms with Crippen molar-refractivity contribution in [2.75, 3.05) is 20.3 Å². The molecule has 0 saturated carbocycles. The Hall–Kier alpha value is -1.62. The summed E-state index contributed by atoms with van der Waals surface area (Å²) in [5, 5.41) is 9.47. The van der Waals surface area contributed by atoms with Crippen molar-refractivity contribution in [1.82, 2.24) is 4.98 Å². The molecule has 1 fully saturated rings. The fraction of sp³-hybridized carbons (Fsp3) is 0.538. The Labute approximate surface area is 106 Å². The lowest BCUT2D eigenvalue weighted by Gasteiger charge is -2.33. The molecule has 0 spiro atoms. The molecule has 98 valence electrons. The summed E-state index contributed by atoms with van der Waals surface area (Å²) in [6.07, 6.45) is 3.42. The lowest BCUT2D eigenvalue weighted by atomic mass is 9.77. The van der Waals surface area contributed by atoms with Gasteiger partial charge < -0.3 is 14.6 Å². The molecule has 2 heterocycles. The molecule has 1 N–H and O–H groups in total. The van der Waals surface area contributed by atoms with Gasteiger partial charge in [-0.25, -0.2) is 4.98 Å². The molecule has 1 aliphatic rings. The second-order valence-corrected chi connectivity index (χ2v) is 4.59. The first-order valence-corrected chi connectivity index (χ1v) is 5.97. The van der Waals surface area contributed by atoms with E-state index in [-0.39, 0.29) is 6.61 Å². The van der Waals surface area contributed by atoms with E-state index in [2.05, 4.69) is 4.98 Å². The molecule has 18 heavy (non-hydrogen) atoms. The topological polar surface area (TPSA) is 68.7 Å². The molecular weight excluding hydrogens is 234 g/mol. The van der Waals surface area contributed by atoms with Crippen molar-refractivity contribution in [1.29, 1.82) is 0 Å². The minimum Gasteiger partial charge on any atom is -0.481 e. The van der Waals surface area contributed by atoms with Crippen molar-refractivity contribution in [2.24, 2.45) is 5.41 Å². The van der Waals surface area contributed by atoms with Gasteiger partial charge in [0.15, 0.2) is 0 Å². The number of rotatable bonds is 4. The predicted molar refractivity (Wildman–Crippen MR) is 64.6 cm³/mol. The highest BCUT2D eigenvalue weighted by Gasteiger charge is 2.41. The van der Waals surface area contributed by atoms with E-state index in [0.29, 0.717) is 25.3 Å². The number of pyridine rings is 1. The number of carbonyl (C=O) groups is 1. The number of methoxy groups -OCH3 is 1. The normalized spacial score (nSPS) is 23.6. The van der Waals surface area contributed by atoms with Crippen LogP contribution in [0.2, 0.25) is 0 Å². The zero-order chi connectivity index (χ0) is 13.0. The smallest absolute Gasteiger partial charge is 0.312 e. The van der Waals surface area contributed by atoms with E-state index in [1.54, 1.807) is 12.3 Å². The number of aliphatic carboxylic acids is 1. The van der Waals surface area contributed by atoms with E-state index >= 15 is 0 Å². The first-order chi connectivity index (χ1) is 8.68. The third-order valence-electron chi connectivity index (χ3n) is 3.35. The third-order valence-corrected chi connectivity index (χ3v) is 3.35. The van der Waals surface area contributed by atoms with Crippen LogP contribution in [0.3, 0.4) is 0 Å². The molecule has 1 saturated heterocycles. The number of carboxylic acids is 1. The van der Waals surface area contributed by atoms with E-state index in [1.165, 1.54) is 7.11 Å². The summed E-state index contributed by atoms with van der Waals surface area (Å²) >= 11 is 0.